The summed E-state index contributed by atoms with van der Waals surface area (Å²) < 4.78 is 12.3. The second-order valence-electron chi connectivity index (χ2n) is 4.62. The van der Waals surface area contributed by atoms with E-state index in [-0.39, 0.29) is 11.3 Å². The summed E-state index contributed by atoms with van der Waals surface area (Å²) in [5.41, 5.74) is 0.687. The Bertz CT molecular complexity index is 910. The first-order chi connectivity index (χ1) is 11.1. The first-order valence-electron chi connectivity index (χ1n) is 6.92. The summed E-state index contributed by atoms with van der Waals surface area (Å²) in [4.78, 5) is 28.3. The Morgan fingerprint density at radius 1 is 1.43 bits per heavy atom. The van der Waals surface area contributed by atoms with Crippen LogP contribution in [0.25, 0.3) is 10.2 Å². The molecule has 0 aliphatic carbocycles. The fraction of sp³-hybridized carbons (Fsp3) is 0.267. The molecule has 3 heterocycles. The van der Waals surface area contributed by atoms with Crippen LogP contribution in [0, 0.1) is 0 Å². The number of thiophene rings is 1. The van der Waals surface area contributed by atoms with Crippen molar-refractivity contribution < 1.29 is 13.9 Å². The Balaban J connectivity index is 1.85. The number of hydrogen-bond acceptors (Lipinski definition) is 7. The molecule has 0 N–H and O–H groups in total. The first-order valence-corrected chi connectivity index (χ1v) is 8.78. The van der Waals surface area contributed by atoms with E-state index in [0.717, 1.165) is 0 Å². The van der Waals surface area contributed by atoms with E-state index in [4.69, 9.17) is 4.42 Å². The van der Waals surface area contributed by atoms with Crippen molar-refractivity contribution in [2.24, 2.45) is 0 Å². The molecular weight excluding hydrogens is 336 g/mol. The molecule has 0 fully saturated rings. The number of carbonyl (C=O) groups excluding carboxylic acids is 1. The lowest BCUT2D eigenvalue weighted by molar-refractivity contribution is 0.0563. The number of hydrogen-bond donors (Lipinski definition) is 0. The van der Waals surface area contributed by atoms with Gasteiger partial charge < -0.3 is 9.15 Å². The summed E-state index contributed by atoms with van der Waals surface area (Å²) in [5, 5.41) is 2.50. The van der Waals surface area contributed by atoms with E-state index in [0.29, 0.717) is 33.4 Å². The molecule has 0 atom stereocenters. The topological polar surface area (TPSA) is 74.3 Å². The van der Waals surface area contributed by atoms with Crippen LogP contribution in [0.2, 0.25) is 0 Å². The number of fused-ring (bicyclic) bond motifs is 1. The van der Waals surface area contributed by atoms with Crippen LogP contribution in [0.3, 0.4) is 0 Å². The zero-order chi connectivity index (χ0) is 16.4. The van der Waals surface area contributed by atoms with Crippen molar-refractivity contribution >= 4 is 39.3 Å². The second-order valence-corrected chi connectivity index (χ2v) is 6.48. The molecule has 0 spiro atoms. The molecule has 0 unspecified atom stereocenters. The molecule has 120 valence electrons. The number of furan rings is 1. The lowest BCUT2D eigenvalue weighted by atomic mass is 10.4. The highest BCUT2D eigenvalue weighted by Gasteiger charge is 2.14. The van der Waals surface area contributed by atoms with Gasteiger partial charge in [-0.05, 0) is 30.5 Å². The van der Waals surface area contributed by atoms with Crippen LogP contribution in [-0.4, -0.2) is 22.6 Å². The molecular formula is C15H14N2O4S2. The summed E-state index contributed by atoms with van der Waals surface area (Å²) in [6.45, 7) is 2.46. The zero-order valence-electron chi connectivity index (χ0n) is 12.6. The van der Waals surface area contributed by atoms with Crippen molar-refractivity contribution in [3.8, 4) is 0 Å². The Kier molecular flexibility index (Phi) is 4.53. The van der Waals surface area contributed by atoms with Gasteiger partial charge in [0.1, 0.15) is 10.5 Å². The van der Waals surface area contributed by atoms with Crippen molar-refractivity contribution in [1.82, 2.24) is 9.55 Å². The van der Waals surface area contributed by atoms with Gasteiger partial charge in [0, 0.05) is 6.54 Å². The van der Waals surface area contributed by atoms with Crippen molar-refractivity contribution in [3.05, 3.63) is 45.5 Å². The van der Waals surface area contributed by atoms with E-state index in [1.165, 1.54) is 30.2 Å². The minimum atomic E-state index is -0.510. The second kappa shape index (κ2) is 6.59. The highest BCUT2D eigenvalue weighted by Crippen LogP contribution is 2.24. The molecule has 3 rings (SSSR count). The third-order valence-corrected chi connectivity index (χ3v) is 5.13. The van der Waals surface area contributed by atoms with Crippen LogP contribution in [-0.2, 0) is 17.0 Å². The third-order valence-electron chi connectivity index (χ3n) is 3.24. The summed E-state index contributed by atoms with van der Waals surface area (Å²) >= 11 is 2.80. The number of aromatic nitrogens is 2. The largest absolute Gasteiger partial charge is 0.463 e. The molecule has 23 heavy (non-hydrogen) atoms. The fourth-order valence-electron chi connectivity index (χ4n) is 2.11. The standard InChI is InChI=1S/C15H14N2O4S2/c1-3-17-13(18)12-10(6-7-22-12)16-15(17)23-8-9-4-5-11(21-9)14(19)20-2/h4-7H,3,8H2,1-2H3. The van der Waals surface area contributed by atoms with E-state index in [1.54, 1.807) is 16.7 Å². The summed E-state index contributed by atoms with van der Waals surface area (Å²) in [7, 11) is 1.30. The Labute approximate surface area is 140 Å². The molecule has 0 radical (unpaired) electrons. The molecule has 8 heteroatoms. The predicted molar refractivity (Wildman–Crippen MR) is 89.2 cm³/mol. The van der Waals surface area contributed by atoms with Crippen molar-refractivity contribution in [2.45, 2.75) is 24.4 Å². The van der Waals surface area contributed by atoms with Gasteiger partial charge in [-0.1, -0.05) is 11.8 Å². The molecule has 0 saturated carbocycles. The van der Waals surface area contributed by atoms with Crippen molar-refractivity contribution in [3.63, 3.8) is 0 Å². The quantitative estimate of drug-likeness (QED) is 0.400. The van der Waals surface area contributed by atoms with Crippen LogP contribution >= 0.6 is 23.1 Å². The van der Waals surface area contributed by atoms with E-state index < -0.39 is 5.97 Å². The molecule has 3 aromatic heterocycles. The molecule has 0 amide bonds. The third kappa shape index (κ3) is 3.04. The van der Waals surface area contributed by atoms with Crippen molar-refractivity contribution in [1.29, 1.82) is 0 Å². The molecule has 0 aromatic carbocycles. The normalized spacial score (nSPS) is 11.0. The van der Waals surface area contributed by atoms with Crippen molar-refractivity contribution in [2.75, 3.05) is 7.11 Å². The Morgan fingerprint density at radius 3 is 3.00 bits per heavy atom. The summed E-state index contributed by atoms with van der Waals surface area (Å²) in [6.07, 6.45) is 0. The lowest BCUT2D eigenvalue weighted by Crippen LogP contribution is -2.21. The average Bonchev–Trinajstić information content (AvgIpc) is 3.21. The van der Waals surface area contributed by atoms with Crippen LogP contribution in [0.5, 0.6) is 0 Å². The molecule has 0 saturated heterocycles. The molecule has 3 aromatic rings. The van der Waals surface area contributed by atoms with E-state index in [1.807, 2.05) is 18.4 Å². The lowest BCUT2D eigenvalue weighted by Gasteiger charge is -2.08. The highest BCUT2D eigenvalue weighted by atomic mass is 32.2. The maximum Gasteiger partial charge on any atom is 0.373 e. The predicted octanol–water partition coefficient (Wildman–Crippen LogP) is 3.15. The number of ether oxygens (including phenoxy) is 1. The van der Waals surface area contributed by atoms with Gasteiger partial charge in [-0.2, -0.15) is 0 Å². The van der Waals surface area contributed by atoms with Crippen LogP contribution in [0.4, 0.5) is 0 Å². The SMILES string of the molecule is CCn1c(SCc2ccc(C(=O)OC)o2)nc2ccsc2c1=O. The molecule has 0 aliphatic heterocycles. The fourth-order valence-corrected chi connectivity index (χ4v) is 3.85. The smallest absolute Gasteiger partial charge is 0.373 e. The Morgan fingerprint density at radius 2 is 2.26 bits per heavy atom. The highest BCUT2D eigenvalue weighted by molar-refractivity contribution is 7.98. The van der Waals surface area contributed by atoms with Crippen LogP contribution < -0.4 is 5.56 Å². The monoisotopic (exact) mass is 350 g/mol. The summed E-state index contributed by atoms with van der Waals surface area (Å²) in [5.74, 6) is 0.749. The summed E-state index contributed by atoms with van der Waals surface area (Å²) in [6, 6.07) is 5.13. The van der Waals surface area contributed by atoms with Gasteiger partial charge in [0.2, 0.25) is 5.76 Å². The minimum Gasteiger partial charge on any atom is -0.463 e. The van der Waals surface area contributed by atoms with Gasteiger partial charge in [-0.15, -0.1) is 11.3 Å². The van der Waals surface area contributed by atoms with E-state index >= 15 is 0 Å². The number of nitrogens with zero attached hydrogens (tertiary/aromatic N) is 2. The number of methoxy groups -OCH3 is 1. The molecule has 0 aliphatic rings. The number of rotatable bonds is 5. The van der Waals surface area contributed by atoms with Gasteiger partial charge >= 0.3 is 5.97 Å². The molecule has 6 nitrogen and oxygen atoms in total. The maximum absolute atomic E-state index is 12.4. The van der Waals surface area contributed by atoms with E-state index in [9.17, 15) is 9.59 Å². The number of thioether (sulfide) groups is 1. The Hall–Kier alpha value is -2.06. The zero-order valence-corrected chi connectivity index (χ0v) is 14.2. The molecule has 0 bridgehead atoms. The minimum absolute atomic E-state index is 0.0234. The number of esters is 1. The van der Waals surface area contributed by atoms with Gasteiger partial charge in [0.15, 0.2) is 5.16 Å². The van der Waals surface area contributed by atoms with Gasteiger partial charge in [0.25, 0.3) is 5.56 Å². The first kappa shape index (κ1) is 15.8. The van der Waals surface area contributed by atoms with Crippen LogP contribution in [0.1, 0.15) is 23.2 Å². The number of carbonyl (C=O) groups is 1. The van der Waals surface area contributed by atoms with E-state index in [2.05, 4.69) is 9.72 Å². The maximum atomic E-state index is 12.4. The van der Waals surface area contributed by atoms with Gasteiger partial charge in [0.05, 0.1) is 18.4 Å². The van der Waals surface area contributed by atoms with Gasteiger partial charge in [-0.3, -0.25) is 9.36 Å². The van der Waals surface area contributed by atoms with Gasteiger partial charge in [-0.25, -0.2) is 9.78 Å². The van der Waals surface area contributed by atoms with Crippen LogP contribution in [0.15, 0.2) is 37.9 Å². The average molecular weight is 350 g/mol.